The van der Waals surface area contributed by atoms with Crippen LogP contribution in [0.1, 0.15) is 34.5 Å². The normalized spacial score (nSPS) is 15.0. The molecule has 0 radical (unpaired) electrons. The van der Waals surface area contributed by atoms with Crippen molar-refractivity contribution in [3.05, 3.63) is 35.1 Å². The van der Waals surface area contributed by atoms with E-state index in [-0.39, 0.29) is 0 Å². The number of aromatic carboxylic acids is 1. The monoisotopic (exact) mass is 216 g/mol. The fourth-order valence-electron chi connectivity index (χ4n) is 2.40. The van der Waals surface area contributed by atoms with Gasteiger partial charge >= 0.3 is 5.97 Å². The molecular formula is C13H12O3. The van der Waals surface area contributed by atoms with Crippen LogP contribution in [0.25, 0.3) is 11.0 Å². The van der Waals surface area contributed by atoms with Gasteiger partial charge in [0.2, 0.25) is 0 Å². The van der Waals surface area contributed by atoms with Gasteiger partial charge in [0, 0.05) is 17.4 Å². The van der Waals surface area contributed by atoms with E-state index in [1.165, 1.54) is 18.4 Å². The molecule has 3 nitrogen and oxygen atoms in total. The first kappa shape index (κ1) is 9.46. The van der Waals surface area contributed by atoms with Crippen molar-refractivity contribution in [1.82, 2.24) is 0 Å². The van der Waals surface area contributed by atoms with Crippen LogP contribution in [0, 0.1) is 0 Å². The van der Waals surface area contributed by atoms with E-state index in [2.05, 4.69) is 0 Å². The fraction of sp³-hybridized carbons (Fsp3) is 0.308. The quantitative estimate of drug-likeness (QED) is 0.797. The Morgan fingerprint density at radius 2 is 2.06 bits per heavy atom. The Bertz CT molecular complexity index is 566. The van der Waals surface area contributed by atoms with Crippen molar-refractivity contribution in [2.75, 3.05) is 0 Å². The van der Waals surface area contributed by atoms with Gasteiger partial charge in [0.25, 0.3) is 0 Å². The average Bonchev–Trinajstić information content (AvgIpc) is 2.66. The van der Waals surface area contributed by atoms with E-state index in [4.69, 9.17) is 9.52 Å². The molecule has 1 aliphatic carbocycles. The highest BCUT2D eigenvalue weighted by atomic mass is 16.4. The Kier molecular flexibility index (Phi) is 1.99. The minimum absolute atomic E-state index is 0.290. The second-order valence-corrected chi connectivity index (χ2v) is 4.23. The van der Waals surface area contributed by atoms with Crippen molar-refractivity contribution in [2.24, 2.45) is 0 Å². The number of benzene rings is 1. The number of hydrogen-bond acceptors (Lipinski definition) is 2. The Morgan fingerprint density at radius 3 is 2.88 bits per heavy atom. The van der Waals surface area contributed by atoms with Crippen molar-refractivity contribution in [3.63, 3.8) is 0 Å². The predicted octanol–water partition coefficient (Wildman–Crippen LogP) is 3.01. The predicted molar refractivity (Wildman–Crippen MR) is 59.8 cm³/mol. The van der Waals surface area contributed by atoms with Crippen molar-refractivity contribution in [3.8, 4) is 0 Å². The molecule has 0 spiro atoms. The molecule has 1 aliphatic rings. The minimum atomic E-state index is -0.906. The largest absolute Gasteiger partial charge is 0.478 e. The van der Waals surface area contributed by atoms with Gasteiger partial charge in [-0.2, -0.15) is 0 Å². The molecule has 1 aromatic heterocycles. The van der Waals surface area contributed by atoms with Gasteiger partial charge in [-0.25, -0.2) is 4.79 Å². The van der Waals surface area contributed by atoms with E-state index < -0.39 is 5.97 Å². The van der Waals surface area contributed by atoms with Crippen molar-refractivity contribution in [2.45, 2.75) is 25.7 Å². The van der Waals surface area contributed by atoms with Crippen molar-refractivity contribution >= 4 is 16.9 Å². The molecular weight excluding hydrogens is 204 g/mol. The molecule has 1 heterocycles. The highest BCUT2D eigenvalue weighted by molar-refractivity contribution is 5.93. The summed E-state index contributed by atoms with van der Waals surface area (Å²) in [4.78, 5) is 10.8. The van der Waals surface area contributed by atoms with Gasteiger partial charge in [0.1, 0.15) is 11.3 Å². The van der Waals surface area contributed by atoms with Crippen LogP contribution in [0.5, 0.6) is 0 Å². The Hall–Kier alpha value is -1.77. The van der Waals surface area contributed by atoms with E-state index in [1.54, 1.807) is 12.1 Å². The summed E-state index contributed by atoms with van der Waals surface area (Å²) in [6.45, 7) is 0. The molecule has 16 heavy (non-hydrogen) atoms. The highest BCUT2D eigenvalue weighted by Crippen LogP contribution is 2.32. The maximum atomic E-state index is 10.8. The summed E-state index contributed by atoms with van der Waals surface area (Å²) in [5.41, 5.74) is 2.28. The first-order chi connectivity index (χ1) is 7.75. The molecule has 0 saturated heterocycles. The molecule has 0 atom stereocenters. The second-order valence-electron chi connectivity index (χ2n) is 4.23. The van der Waals surface area contributed by atoms with Crippen LogP contribution in [0.2, 0.25) is 0 Å². The lowest BCUT2D eigenvalue weighted by atomic mass is 9.96. The molecule has 0 saturated carbocycles. The zero-order chi connectivity index (χ0) is 11.1. The number of furan rings is 1. The molecule has 3 rings (SSSR count). The third-order valence-electron chi connectivity index (χ3n) is 3.20. The first-order valence-electron chi connectivity index (χ1n) is 5.53. The third-order valence-corrected chi connectivity index (χ3v) is 3.20. The molecule has 2 aromatic rings. The van der Waals surface area contributed by atoms with Crippen LogP contribution in [0.3, 0.4) is 0 Å². The number of carboxylic acids is 1. The Morgan fingerprint density at radius 1 is 1.25 bits per heavy atom. The molecule has 0 unspecified atom stereocenters. The second kappa shape index (κ2) is 3.37. The number of aryl methyl sites for hydroxylation is 2. The summed E-state index contributed by atoms with van der Waals surface area (Å²) in [5.74, 6) is 0.139. The summed E-state index contributed by atoms with van der Waals surface area (Å²) in [7, 11) is 0. The van der Waals surface area contributed by atoms with Gasteiger partial charge in [0.15, 0.2) is 0 Å². The first-order valence-corrected chi connectivity index (χ1v) is 5.53. The number of rotatable bonds is 1. The van der Waals surface area contributed by atoms with Crippen LogP contribution in [-0.4, -0.2) is 11.1 Å². The van der Waals surface area contributed by atoms with Gasteiger partial charge < -0.3 is 9.52 Å². The van der Waals surface area contributed by atoms with E-state index in [0.29, 0.717) is 11.1 Å². The molecule has 0 amide bonds. The minimum Gasteiger partial charge on any atom is -0.478 e. The summed E-state index contributed by atoms with van der Waals surface area (Å²) < 4.78 is 5.72. The van der Waals surface area contributed by atoms with Crippen LogP contribution >= 0.6 is 0 Å². The van der Waals surface area contributed by atoms with Gasteiger partial charge in [-0.3, -0.25) is 0 Å². The molecule has 0 bridgehead atoms. The van der Waals surface area contributed by atoms with E-state index in [1.807, 2.05) is 6.07 Å². The lowest BCUT2D eigenvalue weighted by Crippen LogP contribution is -1.98. The molecule has 3 heteroatoms. The maximum absolute atomic E-state index is 10.8. The number of carboxylic acid groups (broad SMARTS) is 1. The molecule has 0 fully saturated rings. The summed E-state index contributed by atoms with van der Waals surface area (Å²) in [6.07, 6.45) is 4.39. The number of fused-ring (bicyclic) bond motifs is 3. The molecule has 1 aromatic carbocycles. The number of hydrogen-bond donors (Lipinski definition) is 1. The van der Waals surface area contributed by atoms with Gasteiger partial charge in [-0.05, 0) is 37.5 Å². The third kappa shape index (κ3) is 1.32. The van der Waals surface area contributed by atoms with Gasteiger partial charge in [-0.15, -0.1) is 0 Å². The number of carbonyl (C=O) groups is 1. The lowest BCUT2D eigenvalue weighted by Gasteiger charge is -2.08. The van der Waals surface area contributed by atoms with Crippen LogP contribution < -0.4 is 0 Å². The average molecular weight is 216 g/mol. The van der Waals surface area contributed by atoms with Crippen molar-refractivity contribution < 1.29 is 14.3 Å². The van der Waals surface area contributed by atoms with E-state index >= 15 is 0 Å². The van der Waals surface area contributed by atoms with E-state index in [0.717, 1.165) is 24.0 Å². The Balaban J connectivity index is 2.22. The summed E-state index contributed by atoms with van der Waals surface area (Å²) in [5, 5.41) is 9.99. The smallest absolute Gasteiger partial charge is 0.335 e. The van der Waals surface area contributed by atoms with E-state index in [9.17, 15) is 4.79 Å². The SMILES string of the molecule is O=C(O)c1ccc2c3c(oc2c1)CCCC3. The maximum Gasteiger partial charge on any atom is 0.335 e. The molecule has 82 valence electrons. The molecule has 0 aliphatic heterocycles. The zero-order valence-electron chi connectivity index (χ0n) is 8.82. The van der Waals surface area contributed by atoms with Crippen molar-refractivity contribution in [1.29, 1.82) is 0 Å². The highest BCUT2D eigenvalue weighted by Gasteiger charge is 2.18. The lowest BCUT2D eigenvalue weighted by molar-refractivity contribution is 0.0697. The van der Waals surface area contributed by atoms with Gasteiger partial charge in [-0.1, -0.05) is 0 Å². The molecule has 1 N–H and O–H groups in total. The standard InChI is InChI=1S/C13H12O3/c14-13(15)8-5-6-10-9-3-1-2-4-11(9)16-12(10)7-8/h5-7H,1-4H2,(H,14,15). The topological polar surface area (TPSA) is 50.4 Å². The van der Waals surface area contributed by atoms with Crippen LogP contribution in [-0.2, 0) is 12.8 Å². The van der Waals surface area contributed by atoms with Gasteiger partial charge in [0.05, 0.1) is 5.56 Å². The van der Waals surface area contributed by atoms with Crippen LogP contribution in [0.4, 0.5) is 0 Å². The Labute approximate surface area is 92.7 Å². The summed E-state index contributed by atoms with van der Waals surface area (Å²) >= 11 is 0. The zero-order valence-corrected chi connectivity index (χ0v) is 8.82. The fourth-order valence-corrected chi connectivity index (χ4v) is 2.40. The van der Waals surface area contributed by atoms with Crippen LogP contribution in [0.15, 0.2) is 22.6 Å². The summed E-state index contributed by atoms with van der Waals surface area (Å²) in [6, 6.07) is 5.14.